The molecule has 0 atom stereocenters. The first-order valence-electron chi connectivity index (χ1n) is 8.18. The van der Waals surface area contributed by atoms with Gasteiger partial charge >= 0.3 is 0 Å². The Labute approximate surface area is 130 Å². The minimum Gasteiger partial charge on any atom is -0.371 e. The smallest absolute Gasteiger partial charge is 0.249 e. The van der Waals surface area contributed by atoms with Crippen molar-refractivity contribution in [1.29, 1.82) is 0 Å². The van der Waals surface area contributed by atoms with Gasteiger partial charge < -0.3 is 9.80 Å². The van der Waals surface area contributed by atoms with Crippen LogP contribution >= 0.6 is 0 Å². The van der Waals surface area contributed by atoms with Gasteiger partial charge in [-0.15, -0.1) is 0 Å². The summed E-state index contributed by atoms with van der Waals surface area (Å²) in [4.78, 5) is 26.6. The van der Waals surface area contributed by atoms with Crippen LogP contribution in [0.25, 0.3) is 0 Å². The predicted octanol–water partition coefficient (Wildman–Crippen LogP) is 2.81. The van der Waals surface area contributed by atoms with Gasteiger partial charge in [0.05, 0.1) is 5.69 Å². The highest BCUT2D eigenvalue weighted by Crippen LogP contribution is 2.11. The third-order valence-electron chi connectivity index (χ3n) is 3.14. The Balaban J connectivity index is 0. The van der Waals surface area contributed by atoms with E-state index in [0.717, 1.165) is 32.5 Å². The van der Waals surface area contributed by atoms with Crippen molar-refractivity contribution < 1.29 is 0 Å². The number of hydrogen-bond donors (Lipinski definition) is 0. The summed E-state index contributed by atoms with van der Waals surface area (Å²) in [5, 5.41) is 0. The molecular formula is C17H34N2O2. The second-order valence-electron chi connectivity index (χ2n) is 4.71. The van der Waals surface area contributed by atoms with Crippen LogP contribution in [-0.2, 0) is 0 Å². The molecule has 0 saturated carbocycles. The zero-order valence-electron chi connectivity index (χ0n) is 15.2. The molecule has 0 aliphatic rings. The lowest BCUT2D eigenvalue weighted by atomic mass is 10.1. The summed E-state index contributed by atoms with van der Waals surface area (Å²) in [5.74, 6) is 0. The fraction of sp³-hybridized carbons (Fsp3) is 0.765. The predicted molar refractivity (Wildman–Crippen MR) is 94.5 cm³/mol. The third-order valence-corrected chi connectivity index (χ3v) is 3.14. The van der Waals surface area contributed by atoms with Crippen molar-refractivity contribution in [2.75, 3.05) is 38.6 Å². The van der Waals surface area contributed by atoms with E-state index >= 15 is 0 Å². The Bertz CT molecular complexity index is 434. The Morgan fingerprint density at radius 1 is 0.857 bits per heavy atom. The normalized spacial score (nSPS) is 9.76. The lowest BCUT2D eigenvalue weighted by molar-refractivity contribution is 0.331. The van der Waals surface area contributed by atoms with Crippen LogP contribution in [0.3, 0.4) is 0 Å². The van der Waals surface area contributed by atoms with Crippen molar-refractivity contribution in [3.8, 4) is 0 Å². The van der Waals surface area contributed by atoms with E-state index in [-0.39, 0.29) is 10.9 Å². The van der Waals surface area contributed by atoms with Crippen LogP contribution in [0.2, 0.25) is 0 Å². The van der Waals surface area contributed by atoms with Crippen LogP contribution in [0.1, 0.15) is 53.0 Å². The molecular weight excluding hydrogens is 264 g/mol. The van der Waals surface area contributed by atoms with Crippen LogP contribution < -0.4 is 15.8 Å². The highest BCUT2D eigenvalue weighted by atomic mass is 16.2. The molecule has 0 saturated heterocycles. The fourth-order valence-electron chi connectivity index (χ4n) is 2.14. The highest BCUT2D eigenvalue weighted by Gasteiger charge is 2.19. The molecule has 0 fully saturated rings. The first-order valence-corrected chi connectivity index (χ1v) is 8.18. The van der Waals surface area contributed by atoms with Crippen LogP contribution in [-0.4, -0.2) is 38.6 Å². The van der Waals surface area contributed by atoms with Crippen molar-refractivity contribution in [2.45, 2.75) is 54.4 Å². The minimum atomic E-state index is -0.327. The molecule has 0 N–H and O–H groups in total. The van der Waals surface area contributed by atoms with Gasteiger partial charge in [0, 0.05) is 19.2 Å². The number of rotatable bonds is 7. The Kier molecular flexibility index (Phi) is 13.2. The summed E-state index contributed by atoms with van der Waals surface area (Å²) < 4.78 is 0. The first-order chi connectivity index (χ1) is 9.99. The standard InChI is InChI=1S/C13H22N2O2.2C2H6/c1-5-7-14(3)8-6-9-15(4)11-10(2)12(16)13(11)17;2*1-2/h5-9H2,1-4H3;2*1-2H3. The van der Waals surface area contributed by atoms with Gasteiger partial charge in [-0.05, 0) is 39.9 Å². The largest absolute Gasteiger partial charge is 0.371 e. The van der Waals surface area contributed by atoms with E-state index in [2.05, 4.69) is 18.9 Å². The molecule has 0 aliphatic carbocycles. The second-order valence-corrected chi connectivity index (χ2v) is 4.71. The van der Waals surface area contributed by atoms with E-state index < -0.39 is 0 Å². The number of hydrogen-bond acceptors (Lipinski definition) is 4. The van der Waals surface area contributed by atoms with Gasteiger partial charge in [0.25, 0.3) is 0 Å². The second kappa shape index (κ2) is 12.6. The summed E-state index contributed by atoms with van der Waals surface area (Å²) in [7, 11) is 3.98. The van der Waals surface area contributed by atoms with E-state index in [1.165, 1.54) is 0 Å². The first kappa shape index (κ1) is 22.1. The zero-order chi connectivity index (χ0) is 17.0. The average Bonchev–Trinajstić information content (AvgIpc) is 2.51. The quantitative estimate of drug-likeness (QED) is 0.726. The van der Waals surface area contributed by atoms with Gasteiger partial charge in [0.1, 0.15) is 0 Å². The lowest BCUT2D eigenvalue weighted by Gasteiger charge is -2.23. The molecule has 4 heteroatoms. The van der Waals surface area contributed by atoms with Gasteiger partial charge in [-0.2, -0.15) is 0 Å². The number of anilines is 1. The maximum Gasteiger partial charge on any atom is 0.249 e. The summed E-state index contributed by atoms with van der Waals surface area (Å²) in [6.07, 6.45) is 2.16. The van der Waals surface area contributed by atoms with Crippen molar-refractivity contribution in [1.82, 2.24) is 4.90 Å². The van der Waals surface area contributed by atoms with Crippen molar-refractivity contribution >= 4 is 5.69 Å². The van der Waals surface area contributed by atoms with Crippen molar-refractivity contribution in [3.05, 3.63) is 26.0 Å². The Hall–Kier alpha value is -1.16. The van der Waals surface area contributed by atoms with Crippen LogP contribution in [0.4, 0.5) is 5.69 Å². The molecule has 4 nitrogen and oxygen atoms in total. The van der Waals surface area contributed by atoms with E-state index in [4.69, 9.17) is 0 Å². The molecule has 0 spiro atoms. The molecule has 124 valence electrons. The molecule has 0 radical (unpaired) electrons. The fourth-order valence-corrected chi connectivity index (χ4v) is 2.14. The molecule has 1 rings (SSSR count). The lowest BCUT2D eigenvalue weighted by Crippen LogP contribution is -2.41. The maximum atomic E-state index is 11.4. The SMILES string of the molecule is CC.CC.CCCN(C)CCCN(C)c1c(C)c(=O)c1=O. The van der Waals surface area contributed by atoms with Gasteiger partial charge in [-0.1, -0.05) is 34.6 Å². The molecule has 0 unspecified atom stereocenters. The maximum absolute atomic E-state index is 11.4. The van der Waals surface area contributed by atoms with E-state index in [0.29, 0.717) is 11.3 Å². The molecule has 1 aromatic carbocycles. The van der Waals surface area contributed by atoms with Gasteiger partial charge in [0.15, 0.2) is 0 Å². The molecule has 0 heterocycles. The molecule has 0 aliphatic heterocycles. The van der Waals surface area contributed by atoms with Gasteiger partial charge in [-0.3, -0.25) is 9.59 Å². The highest BCUT2D eigenvalue weighted by molar-refractivity contribution is 5.57. The number of nitrogens with zero attached hydrogens (tertiary/aromatic N) is 2. The molecule has 0 amide bonds. The zero-order valence-corrected chi connectivity index (χ0v) is 15.2. The summed E-state index contributed by atoms with van der Waals surface area (Å²) in [6.45, 7) is 14.8. The van der Waals surface area contributed by atoms with Crippen molar-refractivity contribution in [3.63, 3.8) is 0 Å². The van der Waals surface area contributed by atoms with Gasteiger partial charge in [-0.25, -0.2) is 0 Å². The van der Waals surface area contributed by atoms with Gasteiger partial charge in [0.2, 0.25) is 10.9 Å². The minimum absolute atomic E-state index is 0.324. The van der Waals surface area contributed by atoms with E-state index in [1.54, 1.807) is 6.92 Å². The van der Waals surface area contributed by atoms with Crippen LogP contribution in [0.5, 0.6) is 0 Å². The summed E-state index contributed by atoms with van der Waals surface area (Å²) in [5.41, 5.74) is 0.564. The van der Waals surface area contributed by atoms with Crippen molar-refractivity contribution in [2.24, 2.45) is 0 Å². The molecule has 0 aromatic heterocycles. The monoisotopic (exact) mass is 298 g/mol. The summed E-state index contributed by atoms with van der Waals surface area (Å²) >= 11 is 0. The Morgan fingerprint density at radius 2 is 1.38 bits per heavy atom. The topological polar surface area (TPSA) is 40.6 Å². The van der Waals surface area contributed by atoms with E-state index in [9.17, 15) is 9.59 Å². The average molecular weight is 298 g/mol. The molecule has 0 bridgehead atoms. The molecule has 21 heavy (non-hydrogen) atoms. The Morgan fingerprint density at radius 3 is 1.81 bits per heavy atom. The molecule has 1 aromatic rings. The third kappa shape index (κ3) is 6.89. The summed E-state index contributed by atoms with van der Waals surface area (Å²) in [6, 6.07) is 0. The van der Waals surface area contributed by atoms with E-state index in [1.807, 2.05) is 39.6 Å². The van der Waals surface area contributed by atoms with Crippen LogP contribution in [0.15, 0.2) is 9.59 Å². The van der Waals surface area contributed by atoms with Crippen LogP contribution in [0, 0.1) is 6.92 Å².